The standard InChI is InChI=1S/C13H15NO2S/c1-15-11-3-4-12(13(7-11)16-2)14-8-10-5-6-17-9-10/h3-7,9,14H,8H2,1-2H3. The summed E-state index contributed by atoms with van der Waals surface area (Å²) in [5.74, 6) is 1.59. The molecule has 0 aliphatic rings. The molecule has 0 unspecified atom stereocenters. The Balaban J connectivity index is 2.09. The Kier molecular flexibility index (Phi) is 3.88. The van der Waals surface area contributed by atoms with Gasteiger partial charge in [0.1, 0.15) is 11.5 Å². The summed E-state index contributed by atoms with van der Waals surface area (Å²) >= 11 is 1.70. The molecule has 1 N–H and O–H groups in total. The first kappa shape index (κ1) is 11.8. The van der Waals surface area contributed by atoms with E-state index >= 15 is 0 Å². The van der Waals surface area contributed by atoms with Crippen LogP contribution in [-0.4, -0.2) is 14.2 Å². The van der Waals surface area contributed by atoms with Crippen LogP contribution in [0.2, 0.25) is 0 Å². The predicted octanol–water partition coefficient (Wildman–Crippen LogP) is 3.38. The molecule has 90 valence electrons. The number of thiophene rings is 1. The molecule has 0 aliphatic heterocycles. The van der Waals surface area contributed by atoms with E-state index in [9.17, 15) is 0 Å². The lowest BCUT2D eigenvalue weighted by Crippen LogP contribution is -2.00. The minimum absolute atomic E-state index is 0.791. The van der Waals surface area contributed by atoms with E-state index in [1.165, 1.54) is 5.56 Å². The maximum Gasteiger partial charge on any atom is 0.145 e. The minimum atomic E-state index is 0.791. The summed E-state index contributed by atoms with van der Waals surface area (Å²) in [5.41, 5.74) is 2.24. The first-order valence-electron chi connectivity index (χ1n) is 5.30. The third kappa shape index (κ3) is 2.91. The quantitative estimate of drug-likeness (QED) is 0.881. The van der Waals surface area contributed by atoms with E-state index in [1.807, 2.05) is 18.2 Å². The van der Waals surface area contributed by atoms with Gasteiger partial charge in [0.25, 0.3) is 0 Å². The van der Waals surface area contributed by atoms with Gasteiger partial charge in [-0.25, -0.2) is 0 Å². The van der Waals surface area contributed by atoms with Crippen molar-refractivity contribution in [3.05, 3.63) is 40.6 Å². The first-order valence-corrected chi connectivity index (χ1v) is 6.24. The average Bonchev–Trinajstić information content (AvgIpc) is 2.89. The highest BCUT2D eigenvalue weighted by atomic mass is 32.1. The zero-order valence-electron chi connectivity index (χ0n) is 9.90. The highest BCUT2D eigenvalue weighted by Gasteiger charge is 2.04. The highest BCUT2D eigenvalue weighted by molar-refractivity contribution is 7.07. The smallest absolute Gasteiger partial charge is 0.145 e. The Hall–Kier alpha value is -1.68. The number of benzene rings is 1. The normalized spacial score (nSPS) is 10.0. The van der Waals surface area contributed by atoms with Gasteiger partial charge in [-0.1, -0.05) is 0 Å². The highest BCUT2D eigenvalue weighted by Crippen LogP contribution is 2.29. The molecule has 0 atom stereocenters. The van der Waals surface area contributed by atoms with Crippen LogP contribution in [0, 0.1) is 0 Å². The van der Waals surface area contributed by atoms with E-state index in [1.54, 1.807) is 25.6 Å². The van der Waals surface area contributed by atoms with Gasteiger partial charge >= 0.3 is 0 Å². The molecular weight excluding hydrogens is 234 g/mol. The molecule has 17 heavy (non-hydrogen) atoms. The molecular formula is C13H15NO2S. The summed E-state index contributed by atoms with van der Waals surface area (Å²) < 4.78 is 10.5. The van der Waals surface area contributed by atoms with Gasteiger partial charge in [-0.05, 0) is 34.5 Å². The maximum absolute atomic E-state index is 5.32. The number of methoxy groups -OCH3 is 2. The van der Waals surface area contributed by atoms with Crippen LogP contribution in [0.4, 0.5) is 5.69 Å². The largest absolute Gasteiger partial charge is 0.497 e. The molecule has 0 bridgehead atoms. The van der Waals surface area contributed by atoms with E-state index in [0.717, 1.165) is 23.7 Å². The molecule has 4 heteroatoms. The van der Waals surface area contributed by atoms with Gasteiger partial charge in [0.2, 0.25) is 0 Å². The Morgan fingerprint density at radius 3 is 2.71 bits per heavy atom. The van der Waals surface area contributed by atoms with Crippen LogP contribution < -0.4 is 14.8 Å². The van der Waals surface area contributed by atoms with E-state index in [0.29, 0.717) is 0 Å². The van der Waals surface area contributed by atoms with Crippen molar-refractivity contribution in [2.45, 2.75) is 6.54 Å². The van der Waals surface area contributed by atoms with Crippen molar-refractivity contribution in [2.24, 2.45) is 0 Å². The van der Waals surface area contributed by atoms with Crippen LogP contribution in [0.15, 0.2) is 35.0 Å². The van der Waals surface area contributed by atoms with Gasteiger partial charge in [-0.15, -0.1) is 0 Å². The molecule has 3 nitrogen and oxygen atoms in total. The summed E-state index contributed by atoms with van der Waals surface area (Å²) in [7, 11) is 3.30. The van der Waals surface area contributed by atoms with Crippen molar-refractivity contribution in [3.8, 4) is 11.5 Å². The van der Waals surface area contributed by atoms with E-state index in [-0.39, 0.29) is 0 Å². The number of hydrogen-bond acceptors (Lipinski definition) is 4. The average molecular weight is 249 g/mol. The van der Waals surface area contributed by atoms with Gasteiger partial charge < -0.3 is 14.8 Å². The van der Waals surface area contributed by atoms with Crippen molar-refractivity contribution in [1.82, 2.24) is 0 Å². The maximum atomic E-state index is 5.32. The van der Waals surface area contributed by atoms with E-state index in [4.69, 9.17) is 9.47 Å². The van der Waals surface area contributed by atoms with Crippen LogP contribution >= 0.6 is 11.3 Å². The van der Waals surface area contributed by atoms with Crippen LogP contribution in [0.5, 0.6) is 11.5 Å². The molecule has 1 heterocycles. The van der Waals surface area contributed by atoms with Gasteiger partial charge in [0.15, 0.2) is 0 Å². The summed E-state index contributed by atoms with van der Waals surface area (Å²) in [6, 6.07) is 7.85. The summed E-state index contributed by atoms with van der Waals surface area (Å²) in [6.07, 6.45) is 0. The molecule has 0 aliphatic carbocycles. The van der Waals surface area contributed by atoms with Gasteiger partial charge in [-0.2, -0.15) is 11.3 Å². The summed E-state index contributed by atoms with van der Waals surface area (Å²) in [6.45, 7) is 0.798. The van der Waals surface area contributed by atoms with Gasteiger partial charge in [-0.3, -0.25) is 0 Å². The molecule has 1 aromatic carbocycles. The zero-order chi connectivity index (χ0) is 12.1. The summed E-state index contributed by atoms with van der Waals surface area (Å²) in [4.78, 5) is 0. The molecule has 0 amide bonds. The third-order valence-corrected chi connectivity index (χ3v) is 3.20. The molecule has 0 radical (unpaired) electrons. The topological polar surface area (TPSA) is 30.5 Å². The van der Waals surface area contributed by atoms with E-state index < -0.39 is 0 Å². The monoisotopic (exact) mass is 249 g/mol. The third-order valence-electron chi connectivity index (χ3n) is 2.47. The van der Waals surface area contributed by atoms with Crippen molar-refractivity contribution in [2.75, 3.05) is 19.5 Å². The lowest BCUT2D eigenvalue weighted by Gasteiger charge is -2.11. The molecule has 0 saturated heterocycles. The summed E-state index contributed by atoms with van der Waals surface area (Å²) in [5, 5.41) is 7.54. The van der Waals surface area contributed by atoms with Crippen LogP contribution in [0.3, 0.4) is 0 Å². The minimum Gasteiger partial charge on any atom is -0.497 e. The Bertz CT molecular complexity index is 468. The lowest BCUT2D eigenvalue weighted by atomic mass is 10.2. The van der Waals surface area contributed by atoms with Crippen LogP contribution in [0.25, 0.3) is 0 Å². The molecule has 1 aromatic heterocycles. The molecule has 0 saturated carbocycles. The number of rotatable bonds is 5. The Morgan fingerprint density at radius 2 is 2.06 bits per heavy atom. The fourth-order valence-electron chi connectivity index (χ4n) is 1.54. The van der Waals surface area contributed by atoms with Crippen LogP contribution in [0.1, 0.15) is 5.56 Å². The van der Waals surface area contributed by atoms with Gasteiger partial charge in [0.05, 0.1) is 19.9 Å². The fraction of sp³-hybridized carbons (Fsp3) is 0.231. The fourth-order valence-corrected chi connectivity index (χ4v) is 2.20. The van der Waals surface area contributed by atoms with Crippen molar-refractivity contribution in [3.63, 3.8) is 0 Å². The molecule has 2 aromatic rings. The molecule has 0 fully saturated rings. The van der Waals surface area contributed by atoms with Crippen LogP contribution in [-0.2, 0) is 6.54 Å². The number of ether oxygens (including phenoxy) is 2. The number of hydrogen-bond donors (Lipinski definition) is 1. The van der Waals surface area contributed by atoms with E-state index in [2.05, 4.69) is 22.1 Å². The number of anilines is 1. The SMILES string of the molecule is COc1ccc(NCc2ccsc2)c(OC)c1. The Labute approximate surface area is 105 Å². The van der Waals surface area contributed by atoms with Crippen molar-refractivity contribution >= 4 is 17.0 Å². The predicted molar refractivity (Wildman–Crippen MR) is 71.2 cm³/mol. The Morgan fingerprint density at radius 1 is 1.18 bits per heavy atom. The first-order chi connectivity index (χ1) is 8.33. The van der Waals surface area contributed by atoms with Crippen molar-refractivity contribution < 1.29 is 9.47 Å². The second-order valence-corrected chi connectivity index (χ2v) is 4.33. The van der Waals surface area contributed by atoms with Crippen molar-refractivity contribution in [1.29, 1.82) is 0 Å². The molecule has 2 rings (SSSR count). The van der Waals surface area contributed by atoms with Gasteiger partial charge in [0, 0.05) is 12.6 Å². The zero-order valence-corrected chi connectivity index (χ0v) is 10.7. The number of nitrogens with one attached hydrogen (secondary N) is 1. The molecule has 0 spiro atoms. The lowest BCUT2D eigenvalue weighted by molar-refractivity contribution is 0.395. The second kappa shape index (κ2) is 5.59. The second-order valence-electron chi connectivity index (χ2n) is 3.55.